The largest absolute Gasteiger partial charge is 0.0816 e. The molecule has 0 nitrogen and oxygen atoms in total. The van der Waals surface area contributed by atoms with Crippen LogP contribution in [0.1, 0.15) is 7.43 Å². The lowest BCUT2D eigenvalue weighted by Gasteiger charge is -1.78. The van der Waals surface area contributed by atoms with E-state index in [0.717, 1.165) is 6.78 Å². The quantitative estimate of drug-likeness (QED) is 0.604. The van der Waals surface area contributed by atoms with Crippen LogP contribution in [-0.2, 0) is 0 Å². The molecule has 0 aromatic carbocycles. The summed E-state index contributed by atoms with van der Waals surface area (Å²) in [6, 6.07) is 0. The maximum Gasteiger partial charge on any atom is 0.0816 e. The molecule has 0 radical (unpaired) electrons. The highest BCUT2D eigenvalue weighted by atomic mass is 79.9. The van der Waals surface area contributed by atoms with Gasteiger partial charge < -0.3 is 0 Å². The second-order valence-corrected chi connectivity index (χ2v) is 5.82. The number of hydrogen-bond acceptors (Lipinski definition) is 0. The van der Waals surface area contributed by atoms with Crippen molar-refractivity contribution in [1.29, 1.82) is 0 Å². The molecule has 0 saturated carbocycles. The molecule has 0 unspecified atom stereocenters. The van der Waals surface area contributed by atoms with Crippen molar-refractivity contribution in [2.45, 2.75) is 7.43 Å². The summed E-state index contributed by atoms with van der Waals surface area (Å²) in [5, 5.41) is 0. The highest BCUT2D eigenvalue weighted by molar-refractivity contribution is 9.32. The van der Waals surface area contributed by atoms with Crippen LogP contribution in [0.25, 0.3) is 0 Å². The summed E-state index contributed by atoms with van der Waals surface area (Å²) in [6.45, 7) is 0. The first-order valence-corrected chi connectivity index (χ1v) is 4.18. The summed E-state index contributed by atoms with van der Waals surface area (Å²) in [4.78, 5) is 0. The molecule has 0 aliphatic heterocycles. The maximum absolute atomic E-state index is 3.14. The zero-order valence-electron chi connectivity index (χ0n) is 2.51. The van der Waals surface area contributed by atoms with Crippen LogP contribution in [0.15, 0.2) is 6.78 Å². The van der Waals surface area contributed by atoms with Gasteiger partial charge in [-0.2, -0.15) is 0 Å². The van der Waals surface area contributed by atoms with Gasteiger partial charge in [0.2, 0.25) is 0 Å². The Labute approximate surface area is 77.3 Å². The first-order valence-electron chi connectivity index (χ1n) is 1.01. The summed E-state index contributed by atoms with van der Waals surface area (Å²) >= 11 is 12.6. The minimum absolute atomic E-state index is 0. The molecule has 0 atom stereocenters. The van der Waals surface area contributed by atoms with E-state index in [0.29, 0.717) is 0 Å². The highest BCUT2D eigenvalue weighted by Crippen LogP contribution is 2.27. The fourth-order valence-electron chi connectivity index (χ4n) is 0. The fourth-order valence-corrected chi connectivity index (χ4v) is 0. The monoisotopic (exact) mass is 356 g/mol. The summed E-state index contributed by atoms with van der Waals surface area (Å²) in [5.41, 5.74) is 0. The molecule has 0 N–H and O–H groups in total. The molecule has 7 heavy (non-hydrogen) atoms. The van der Waals surface area contributed by atoms with Gasteiger partial charge in [-0.15, -0.1) is 0 Å². The summed E-state index contributed by atoms with van der Waals surface area (Å²) in [7, 11) is 0. The lowest BCUT2D eigenvalue weighted by atomic mass is 11.3. The van der Waals surface area contributed by atoms with Crippen molar-refractivity contribution in [3.05, 3.63) is 6.78 Å². The van der Waals surface area contributed by atoms with Crippen LogP contribution in [0.2, 0.25) is 0 Å². The topological polar surface area (TPSA) is 0 Å². The average molecular weight is 360 g/mol. The van der Waals surface area contributed by atoms with E-state index < -0.39 is 0 Å². The lowest BCUT2D eigenvalue weighted by Crippen LogP contribution is -1.43. The van der Waals surface area contributed by atoms with Crippen LogP contribution in [0.3, 0.4) is 0 Å². The molecule has 44 valence electrons. The summed E-state index contributed by atoms with van der Waals surface area (Å²) in [6.07, 6.45) is 0. The average Bonchev–Trinajstić information content (AvgIpc) is 1.36. The van der Waals surface area contributed by atoms with Crippen molar-refractivity contribution in [3.63, 3.8) is 0 Å². The van der Waals surface area contributed by atoms with Gasteiger partial charge >= 0.3 is 0 Å². The van der Waals surface area contributed by atoms with Crippen LogP contribution in [0.4, 0.5) is 0 Å². The molecule has 0 bridgehead atoms. The normalized spacial score (nSPS) is 6.86. The number of rotatable bonds is 0. The molecular formula is C3H4Br4. The van der Waals surface area contributed by atoms with Gasteiger partial charge in [-0.1, -0.05) is 7.43 Å². The van der Waals surface area contributed by atoms with Crippen molar-refractivity contribution in [2.24, 2.45) is 0 Å². The van der Waals surface area contributed by atoms with Crippen molar-refractivity contribution < 1.29 is 0 Å². The van der Waals surface area contributed by atoms with Gasteiger partial charge in [0, 0.05) is 0 Å². The maximum atomic E-state index is 3.14. The van der Waals surface area contributed by atoms with Crippen LogP contribution in [-0.4, -0.2) is 0 Å². The molecule has 0 aliphatic carbocycles. The molecule has 0 aromatic heterocycles. The van der Waals surface area contributed by atoms with Crippen molar-refractivity contribution in [1.82, 2.24) is 0 Å². The minimum atomic E-state index is 0. The van der Waals surface area contributed by atoms with Gasteiger partial charge in [0.25, 0.3) is 0 Å². The van der Waals surface area contributed by atoms with E-state index in [-0.39, 0.29) is 7.43 Å². The van der Waals surface area contributed by atoms with Gasteiger partial charge in [-0.05, 0) is 63.7 Å². The van der Waals surface area contributed by atoms with E-state index in [1.165, 1.54) is 0 Å². The standard InChI is InChI=1S/C2Br4.CH4/c3-1(4)2(5)6;/h;1H4. The first kappa shape index (κ1) is 11.5. The third-order valence-electron chi connectivity index (χ3n) is 0.143. The van der Waals surface area contributed by atoms with Gasteiger partial charge in [-0.25, -0.2) is 0 Å². The summed E-state index contributed by atoms with van der Waals surface area (Å²) in [5.74, 6) is 0. The Bertz CT molecular complexity index is 57.0. The molecule has 0 heterocycles. The fraction of sp³-hybridized carbons (Fsp3) is 0.333. The smallest absolute Gasteiger partial charge is 0.0776 e. The number of halogens is 4. The van der Waals surface area contributed by atoms with E-state index >= 15 is 0 Å². The molecule has 0 spiro atoms. The van der Waals surface area contributed by atoms with Crippen LogP contribution in [0, 0.1) is 0 Å². The Balaban J connectivity index is 0. The Kier molecular flexibility index (Phi) is 9.48. The van der Waals surface area contributed by atoms with Crippen molar-refractivity contribution in [3.8, 4) is 0 Å². The van der Waals surface area contributed by atoms with Gasteiger partial charge in [0.15, 0.2) is 0 Å². The zero-order chi connectivity index (χ0) is 5.15. The van der Waals surface area contributed by atoms with Crippen LogP contribution < -0.4 is 0 Å². The third kappa shape index (κ3) is 7.66. The van der Waals surface area contributed by atoms with Crippen molar-refractivity contribution >= 4 is 63.7 Å². The van der Waals surface area contributed by atoms with E-state index in [4.69, 9.17) is 0 Å². The van der Waals surface area contributed by atoms with Gasteiger partial charge in [-0.3, -0.25) is 0 Å². The van der Waals surface area contributed by atoms with E-state index in [9.17, 15) is 0 Å². The Hall–Kier alpha value is 1.66. The van der Waals surface area contributed by atoms with Gasteiger partial charge in [0.1, 0.15) is 0 Å². The molecule has 0 aromatic rings. The molecule has 0 amide bonds. The second-order valence-electron chi connectivity index (χ2n) is 0.521. The van der Waals surface area contributed by atoms with Crippen LogP contribution >= 0.6 is 63.7 Å². The van der Waals surface area contributed by atoms with E-state index in [1.807, 2.05) is 0 Å². The zero-order valence-corrected chi connectivity index (χ0v) is 8.86. The summed E-state index contributed by atoms with van der Waals surface area (Å²) < 4.78 is 1.77. The molecule has 0 aliphatic rings. The Morgan fingerprint density at radius 1 is 0.714 bits per heavy atom. The van der Waals surface area contributed by atoms with E-state index in [1.54, 1.807) is 0 Å². The first-order chi connectivity index (χ1) is 2.64. The predicted octanol–water partition coefficient (Wildman–Crippen LogP) is 4.33. The number of hydrogen-bond donors (Lipinski definition) is 0. The Morgan fingerprint density at radius 2 is 0.857 bits per heavy atom. The molecule has 0 rings (SSSR count). The highest BCUT2D eigenvalue weighted by Gasteiger charge is 1.85. The minimum Gasteiger partial charge on any atom is -0.0776 e. The van der Waals surface area contributed by atoms with E-state index in [2.05, 4.69) is 63.7 Å². The van der Waals surface area contributed by atoms with Crippen LogP contribution in [0.5, 0.6) is 0 Å². The Morgan fingerprint density at radius 3 is 0.857 bits per heavy atom. The van der Waals surface area contributed by atoms with Crippen molar-refractivity contribution in [2.75, 3.05) is 0 Å². The predicted molar refractivity (Wildman–Crippen MR) is 49.5 cm³/mol. The third-order valence-corrected chi connectivity index (χ3v) is 3.86. The van der Waals surface area contributed by atoms with Gasteiger partial charge in [0.05, 0.1) is 6.78 Å². The SMILES string of the molecule is BrC(Br)=C(Br)Br.C. The molecule has 0 saturated heterocycles. The lowest BCUT2D eigenvalue weighted by molar-refractivity contribution is 2.50. The molecule has 4 heteroatoms. The molecular weight excluding hydrogens is 356 g/mol. The second kappa shape index (κ2) is 5.79. The molecule has 0 fully saturated rings.